The Bertz CT molecular complexity index is 251. The van der Waals surface area contributed by atoms with Crippen molar-refractivity contribution in [3.05, 3.63) is 0 Å². The number of rotatable bonds is 1. The number of Topliss-reactive ketones (excluding diaryl/α,β-unsaturated/α-hetero) is 1. The molecule has 4 nitrogen and oxygen atoms in total. The summed E-state index contributed by atoms with van der Waals surface area (Å²) >= 11 is 0. The second kappa shape index (κ2) is 3.10. The summed E-state index contributed by atoms with van der Waals surface area (Å²) in [6.45, 7) is 3.23. The third kappa shape index (κ3) is 1.35. The Kier molecular flexibility index (Phi) is 2.07. The van der Waals surface area contributed by atoms with E-state index in [-0.39, 0.29) is 23.8 Å². The van der Waals surface area contributed by atoms with E-state index in [2.05, 4.69) is 0 Å². The van der Waals surface area contributed by atoms with Crippen molar-refractivity contribution in [3.8, 4) is 0 Å². The number of amides is 1. The van der Waals surface area contributed by atoms with Crippen LogP contribution in [-0.2, 0) is 14.3 Å². The smallest absolute Gasteiger partial charge is 0.290 e. The van der Waals surface area contributed by atoms with Crippen LogP contribution in [0.3, 0.4) is 0 Å². The van der Waals surface area contributed by atoms with E-state index < -0.39 is 0 Å². The minimum absolute atomic E-state index is 0.0786. The van der Waals surface area contributed by atoms with Gasteiger partial charge in [-0.05, 0) is 13.3 Å². The molecule has 0 aromatic carbocycles. The standard InChI is InChI=1S/C9H13NO3/c1-6-7(3-5-13-6)10-4-2-8(11)9(10)12/h6-7H,2-5H2,1H3. The van der Waals surface area contributed by atoms with Crippen molar-refractivity contribution >= 4 is 11.7 Å². The van der Waals surface area contributed by atoms with E-state index in [1.54, 1.807) is 4.90 Å². The molecule has 0 spiro atoms. The number of carbonyl (C=O) groups is 2. The Balaban J connectivity index is 2.09. The molecule has 0 N–H and O–H groups in total. The second-order valence-electron chi connectivity index (χ2n) is 3.60. The van der Waals surface area contributed by atoms with Crippen LogP contribution in [-0.4, -0.2) is 41.9 Å². The molecule has 0 aliphatic carbocycles. The van der Waals surface area contributed by atoms with E-state index >= 15 is 0 Å². The molecule has 2 atom stereocenters. The molecular weight excluding hydrogens is 170 g/mol. The third-order valence-corrected chi connectivity index (χ3v) is 2.82. The number of carbonyl (C=O) groups excluding carboxylic acids is 2. The molecule has 2 unspecified atom stereocenters. The number of hydrogen-bond donors (Lipinski definition) is 0. The highest BCUT2D eigenvalue weighted by molar-refractivity contribution is 6.37. The second-order valence-corrected chi connectivity index (χ2v) is 3.60. The van der Waals surface area contributed by atoms with Gasteiger partial charge in [0.1, 0.15) is 0 Å². The van der Waals surface area contributed by atoms with Gasteiger partial charge in [0, 0.05) is 19.6 Å². The molecule has 0 bridgehead atoms. The summed E-state index contributed by atoms with van der Waals surface area (Å²) in [5, 5.41) is 0. The quantitative estimate of drug-likeness (QED) is 0.536. The zero-order chi connectivity index (χ0) is 9.42. The molecule has 1 amide bonds. The van der Waals surface area contributed by atoms with Crippen LogP contribution in [0.2, 0.25) is 0 Å². The van der Waals surface area contributed by atoms with Crippen molar-refractivity contribution < 1.29 is 14.3 Å². The molecule has 4 heteroatoms. The molecule has 2 heterocycles. The van der Waals surface area contributed by atoms with Gasteiger partial charge in [0.15, 0.2) is 0 Å². The Labute approximate surface area is 76.8 Å². The van der Waals surface area contributed by atoms with Crippen molar-refractivity contribution in [2.45, 2.75) is 31.9 Å². The lowest BCUT2D eigenvalue weighted by Crippen LogP contribution is -2.41. The van der Waals surface area contributed by atoms with E-state index in [0.29, 0.717) is 19.6 Å². The summed E-state index contributed by atoms with van der Waals surface area (Å²) in [7, 11) is 0. The first-order valence-corrected chi connectivity index (χ1v) is 4.65. The maximum Gasteiger partial charge on any atom is 0.290 e. The molecule has 0 saturated carbocycles. The van der Waals surface area contributed by atoms with Gasteiger partial charge < -0.3 is 9.64 Å². The molecular formula is C9H13NO3. The normalized spacial score (nSPS) is 34.7. The number of likely N-dealkylation sites (tertiary alicyclic amines) is 1. The maximum atomic E-state index is 11.4. The summed E-state index contributed by atoms with van der Waals surface area (Å²) in [6.07, 6.45) is 1.32. The predicted molar refractivity (Wildman–Crippen MR) is 45.2 cm³/mol. The molecule has 0 radical (unpaired) electrons. The molecule has 72 valence electrons. The number of hydrogen-bond acceptors (Lipinski definition) is 3. The maximum absolute atomic E-state index is 11.4. The van der Waals surface area contributed by atoms with Gasteiger partial charge >= 0.3 is 0 Å². The van der Waals surface area contributed by atoms with Crippen LogP contribution < -0.4 is 0 Å². The molecule has 2 fully saturated rings. The zero-order valence-corrected chi connectivity index (χ0v) is 7.66. The van der Waals surface area contributed by atoms with Gasteiger partial charge in [0.25, 0.3) is 5.91 Å². The minimum Gasteiger partial charge on any atom is -0.376 e. The Morgan fingerprint density at radius 2 is 2.23 bits per heavy atom. The van der Waals surface area contributed by atoms with Crippen molar-refractivity contribution in [1.29, 1.82) is 0 Å². The highest BCUT2D eigenvalue weighted by Crippen LogP contribution is 2.22. The Morgan fingerprint density at radius 1 is 1.46 bits per heavy atom. The van der Waals surface area contributed by atoms with Crippen molar-refractivity contribution in [2.75, 3.05) is 13.2 Å². The zero-order valence-electron chi connectivity index (χ0n) is 7.66. The number of ether oxygens (including phenoxy) is 1. The summed E-state index contributed by atoms with van der Waals surface area (Å²) in [6, 6.07) is 0.124. The first-order valence-electron chi connectivity index (χ1n) is 4.65. The van der Waals surface area contributed by atoms with Gasteiger partial charge in [-0.1, -0.05) is 0 Å². The highest BCUT2D eigenvalue weighted by atomic mass is 16.5. The molecule has 2 aliphatic heterocycles. The first-order chi connectivity index (χ1) is 6.20. The molecule has 13 heavy (non-hydrogen) atoms. The van der Waals surface area contributed by atoms with E-state index in [1.807, 2.05) is 6.92 Å². The topological polar surface area (TPSA) is 46.6 Å². The highest BCUT2D eigenvalue weighted by Gasteiger charge is 2.39. The van der Waals surface area contributed by atoms with Crippen molar-refractivity contribution in [1.82, 2.24) is 4.90 Å². The average Bonchev–Trinajstić information content (AvgIpc) is 2.62. The van der Waals surface area contributed by atoms with Gasteiger partial charge in [-0.3, -0.25) is 9.59 Å². The largest absolute Gasteiger partial charge is 0.376 e. The van der Waals surface area contributed by atoms with Crippen molar-refractivity contribution in [2.24, 2.45) is 0 Å². The van der Waals surface area contributed by atoms with E-state index in [1.165, 1.54) is 0 Å². The lowest BCUT2D eigenvalue weighted by molar-refractivity contribution is -0.141. The number of ketones is 1. The summed E-state index contributed by atoms with van der Waals surface area (Å²) < 4.78 is 5.36. The van der Waals surface area contributed by atoms with Crippen LogP contribution in [0.15, 0.2) is 0 Å². The van der Waals surface area contributed by atoms with Crippen LogP contribution in [0, 0.1) is 0 Å². The average molecular weight is 183 g/mol. The van der Waals surface area contributed by atoms with Gasteiger partial charge in [0.05, 0.1) is 12.1 Å². The molecule has 2 saturated heterocycles. The van der Waals surface area contributed by atoms with Crippen LogP contribution in [0.1, 0.15) is 19.8 Å². The van der Waals surface area contributed by atoms with Crippen molar-refractivity contribution in [3.63, 3.8) is 0 Å². The van der Waals surface area contributed by atoms with E-state index in [0.717, 1.165) is 6.42 Å². The number of nitrogens with zero attached hydrogens (tertiary/aromatic N) is 1. The summed E-state index contributed by atoms with van der Waals surface area (Å²) in [4.78, 5) is 24.0. The summed E-state index contributed by atoms with van der Waals surface area (Å²) in [5.74, 6) is -0.568. The van der Waals surface area contributed by atoms with E-state index in [9.17, 15) is 9.59 Å². The van der Waals surface area contributed by atoms with Gasteiger partial charge in [0.2, 0.25) is 5.78 Å². The molecule has 0 aromatic rings. The van der Waals surface area contributed by atoms with Crippen LogP contribution in [0.5, 0.6) is 0 Å². The van der Waals surface area contributed by atoms with Crippen LogP contribution >= 0.6 is 0 Å². The fraction of sp³-hybridized carbons (Fsp3) is 0.778. The molecule has 0 aromatic heterocycles. The molecule has 2 aliphatic rings. The van der Waals surface area contributed by atoms with Crippen LogP contribution in [0.4, 0.5) is 0 Å². The van der Waals surface area contributed by atoms with Gasteiger partial charge in [-0.15, -0.1) is 0 Å². The SMILES string of the molecule is CC1OCCC1N1CCC(=O)C1=O. The monoisotopic (exact) mass is 183 g/mol. The van der Waals surface area contributed by atoms with Crippen LogP contribution in [0.25, 0.3) is 0 Å². The fourth-order valence-corrected chi connectivity index (χ4v) is 2.04. The van der Waals surface area contributed by atoms with E-state index in [4.69, 9.17) is 4.74 Å². The van der Waals surface area contributed by atoms with Gasteiger partial charge in [-0.25, -0.2) is 0 Å². The first kappa shape index (κ1) is 8.69. The Morgan fingerprint density at radius 3 is 2.69 bits per heavy atom. The predicted octanol–water partition coefficient (Wildman–Crippen LogP) is -0.0348. The Hall–Kier alpha value is -0.900. The lowest BCUT2D eigenvalue weighted by atomic mass is 10.1. The van der Waals surface area contributed by atoms with Gasteiger partial charge in [-0.2, -0.15) is 0 Å². The molecule has 2 rings (SSSR count). The third-order valence-electron chi connectivity index (χ3n) is 2.82. The minimum atomic E-state index is -0.317. The summed E-state index contributed by atoms with van der Waals surface area (Å²) in [5.41, 5.74) is 0. The lowest BCUT2D eigenvalue weighted by Gasteiger charge is -2.25. The fourth-order valence-electron chi connectivity index (χ4n) is 2.04.